The monoisotopic (exact) mass is 277 g/mol. The van der Waals surface area contributed by atoms with Crippen LogP contribution in [0.2, 0.25) is 0 Å². The average Bonchev–Trinajstić information content (AvgIpc) is 2.94. The summed E-state index contributed by atoms with van der Waals surface area (Å²) in [6.45, 7) is 11.4. The molecule has 1 unspecified atom stereocenters. The molecule has 1 aromatic heterocycles. The Morgan fingerprint density at radius 2 is 2.15 bits per heavy atom. The highest BCUT2D eigenvalue weighted by molar-refractivity contribution is 5.09. The average molecular weight is 277 g/mol. The zero-order chi connectivity index (χ0) is 14.3. The molecule has 1 N–H and O–H groups in total. The fourth-order valence-corrected chi connectivity index (χ4v) is 2.86. The van der Waals surface area contributed by atoms with Crippen molar-refractivity contribution in [2.75, 3.05) is 39.4 Å². The van der Waals surface area contributed by atoms with Gasteiger partial charge in [-0.25, -0.2) is 0 Å². The Balaban J connectivity index is 1.96. The molecule has 4 heteroatoms. The lowest BCUT2D eigenvalue weighted by Crippen LogP contribution is -2.44. The maximum Gasteiger partial charge on any atom is 0.0547 e. The van der Waals surface area contributed by atoms with E-state index in [1.807, 2.05) is 12.4 Å². The predicted octanol–water partition coefficient (Wildman–Crippen LogP) is 1.92. The number of nitrogens with one attached hydrogen (secondary N) is 1. The van der Waals surface area contributed by atoms with E-state index in [-0.39, 0.29) is 5.41 Å². The minimum Gasteiger partial charge on any atom is -0.381 e. The number of aromatic nitrogens is 1. The number of ether oxygens (including phenoxy) is 1. The molecule has 112 valence electrons. The molecular formula is C16H27N3O. The molecule has 2 rings (SSSR count). The van der Waals surface area contributed by atoms with Crippen LogP contribution in [0.1, 0.15) is 25.8 Å². The topological polar surface area (TPSA) is 37.4 Å². The Morgan fingerprint density at radius 1 is 1.35 bits per heavy atom. The third kappa shape index (κ3) is 4.27. The van der Waals surface area contributed by atoms with Crippen LogP contribution < -0.4 is 5.32 Å². The lowest BCUT2D eigenvalue weighted by atomic mass is 9.86. The zero-order valence-electron chi connectivity index (χ0n) is 12.8. The van der Waals surface area contributed by atoms with Crippen molar-refractivity contribution in [1.82, 2.24) is 15.2 Å². The second kappa shape index (κ2) is 7.72. The number of nitrogens with zero attached hydrogens (tertiary/aromatic N) is 2. The molecule has 0 saturated carbocycles. The highest BCUT2D eigenvalue weighted by Gasteiger charge is 2.35. The van der Waals surface area contributed by atoms with Gasteiger partial charge in [-0.1, -0.05) is 13.8 Å². The highest BCUT2D eigenvalue weighted by atomic mass is 16.5. The molecule has 0 spiro atoms. The van der Waals surface area contributed by atoms with Crippen LogP contribution >= 0.6 is 0 Å². The fraction of sp³-hybridized carbons (Fsp3) is 0.688. The van der Waals surface area contributed by atoms with Crippen molar-refractivity contribution in [3.05, 3.63) is 30.1 Å². The summed E-state index contributed by atoms with van der Waals surface area (Å²) in [7, 11) is 0. The molecule has 20 heavy (non-hydrogen) atoms. The van der Waals surface area contributed by atoms with E-state index in [4.69, 9.17) is 4.74 Å². The van der Waals surface area contributed by atoms with Crippen molar-refractivity contribution in [1.29, 1.82) is 0 Å². The highest BCUT2D eigenvalue weighted by Crippen LogP contribution is 2.29. The molecular weight excluding hydrogens is 250 g/mol. The van der Waals surface area contributed by atoms with Gasteiger partial charge in [-0.05, 0) is 37.2 Å². The van der Waals surface area contributed by atoms with Gasteiger partial charge in [-0.15, -0.1) is 0 Å². The first-order valence-corrected chi connectivity index (χ1v) is 7.68. The second-order valence-corrected chi connectivity index (χ2v) is 5.74. The maximum atomic E-state index is 5.68. The number of rotatable bonds is 8. The second-order valence-electron chi connectivity index (χ2n) is 5.74. The van der Waals surface area contributed by atoms with Gasteiger partial charge in [0.1, 0.15) is 0 Å². The molecule has 1 atom stereocenters. The van der Waals surface area contributed by atoms with Gasteiger partial charge in [-0.2, -0.15) is 0 Å². The Bertz CT molecular complexity index is 377. The zero-order valence-corrected chi connectivity index (χ0v) is 12.8. The fourth-order valence-electron chi connectivity index (χ4n) is 2.86. The lowest BCUT2D eigenvalue weighted by Gasteiger charge is -2.34. The lowest BCUT2D eigenvalue weighted by molar-refractivity contribution is 0.108. The van der Waals surface area contributed by atoms with Crippen molar-refractivity contribution in [3.63, 3.8) is 0 Å². The van der Waals surface area contributed by atoms with Crippen molar-refractivity contribution in [3.8, 4) is 0 Å². The largest absolute Gasteiger partial charge is 0.381 e. The van der Waals surface area contributed by atoms with E-state index in [1.165, 1.54) is 5.56 Å². The number of hydrogen-bond donors (Lipinski definition) is 1. The van der Waals surface area contributed by atoms with Gasteiger partial charge in [0.25, 0.3) is 0 Å². The quantitative estimate of drug-likeness (QED) is 0.788. The van der Waals surface area contributed by atoms with E-state index in [0.29, 0.717) is 0 Å². The Morgan fingerprint density at radius 3 is 2.75 bits per heavy atom. The summed E-state index contributed by atoms with van der Waals surface area (Å²) < 4.78 is 5.68. The summed E-state index contributed by atoms with van der Waals surface area (Å²) in [6.07, 6.45) is 4.90. The molecule has 1 aromatic rings. The molecule has 0 radical (unpaired) electrons. The van der Waals surface area contributed by atoms with E-state index in [9.17, 15) is 0 Å². The summed E-state index contributed by atoms with van der Waals surface area (Å²) in [5.41, 5.74) is 1.61. The number of pyridine rings is 1. The van der Waals surface area contributed by atoms with Crippen molar-refractivity contribution in [2.24, 2.45) is 5.41 Å². The Labute approximate surface area is 122 Å². The Kier molecular flexibility index (Phi) is 5.95. The van der Waals surface area contributed by atoms with E-state index in [1.54, 1.807) is 0 Å². The van der Waals surface area contributed by atoms with Crippen molar-refractivity contribution >= 4 is 0 Å². The smallest absolute Gasteiger partial charge is 0.0547 e. The van der Waals surface area contributed by atoms with Gasteiger partial charge in [0.15, 0.2) is 0 Å². The van der Waals surface area contributed by atoms with E-state index in [2.05, 4.69) is 41.2 Å². The summed E-state index contributed by atoms with van der Waals surface area (Å²) in [5, 5.41) is 3.51. The summed E-state index contributed by atoms with van der Waals surface area (Å²) in [5.74, 6) is 0. The normalized spacial score (nSPS) is 22.6. The minimum absolute atomic E-state index is 0.277. The predicted molar refractivity (Wildman–Crippen MR) is 81.6 cm³/mol. The minimum atomic E-state index is 0.277. The summed E-state index contributed by atoms with van der Waals surface area (Å²) >= 11 is 0. The third-order valence-electron chi connectivity index (χ3n) is 4.10. The van der Waals surface area contributed by atoms with Crippen LogP contribution in [-0.2, 0) is 11.3 Å². The first-order valence-electron chi connectivity index (χ1n) is 7.68. The van der Waals surface area contributed by atoms with E-state index >= 15 is 0 Å². The van der Waals surface area contributed by atoms with Crippen LogP contribution in [0.4, 0.5) is 0 Å². The molecule has 2 heterocycles. The first kappa shape index (κ1) is 15.4. The van der Waals surface area contributed by atoms with Crippen molar-refractivity contribution in [2.45, 2.75) is 26.8 Å². The molecule has 1 aliphatic rings. The molecule has 1 fully saturated rings. The molecule has 4 nitrogen and oxygen atoms in total. The van der Waals surface area contributed by atoms with E-state index < -0.39 is 0 Å². The maximum absolute atomic E-state index is 5.68. The summed E-state index contributed by atoms with van der Waals surface area (Å²) in [4.78, 5) is 6.60. The van der Waals surface area contributed by atoms with Crippen LogP contribution in [0.15, 0.2) is 24.5 Å². The van der Waals surface area contributed by atoms with E-state index in [0.717, 1.165) is 52.4 Å². The van der Waals surface area contributed by atoms with Crippen molar-refractivity contribution < 1.29 is 4.74 Å². The van der Waals surface area contributed by atoms with Crippen LogP contribution in [0, 0.1) is 5.41 Å². The van der Waals surface area contributed by atoms with Gasteiger partial charge in [0.05, 0.1) is 6.61 Å². The molecule has 0 aromatic carbocycles. The molecule has 1 saturated heterocycles. The van der Waals surface area contributed by atoms with Crippen LogP contribution in [-0.4, -0.2) is 49.3 Å². The Hall–Kier alpha value is -0.970. The molecule has 0 aliphatic carbocycles. The van der Waals surface area contributed by atoms with Crippen LogP contribution in [0.3, 0.4) is 0 Å². The first-order chi connectivity index (χ1) is 9.78. The molecule has 0 bridgehead atoms. The summed E-state index contributed by atoms with van der Waals surface area (Å²) in [6, 6.07) is 4.20. The molecule has 0 amide bonds. The van der Waals surface area contributed by atoms with Gasteiger partial charge < -0.3 is 10.1 Å². The molecule has 1 aliphatic heterocycles. The SMILES string of the molecule is CCNCC1(CN(CC)Cc2ccncc2)CCOC1. The van der Waals surface area contributed by atoms with Gasteiger partial charge in [0, 0.05) is 44.0 Å². The van der Waals surface area contributed by atoms with Crippen LogP contribution in [0.5, 0.6) is 0 Å². The van der Waals surface area contributed by atoms with Gasteiger partial charge in [-0.3, -0.25) is 9.88 Å². The number of hydrogen-bond acceptors (Lipinski definition) is 4. The third-order valence-corrected chi connectivity index (χ3v) is 4.10. The van der Waals surface area contributed by atoms with Gasteiger partial charge >= 0.3 is 0 Å². The van der Waals surface area contributed by atoms with Crippen LogP contribution in [0.25, 0.3) is 0 Å². The van der Waals surface area contributed by atoms with Gasteiger partial charge in [0.2, 0.25) is 0 Å². The standard InChI is InChI=1S/C16H27N3O/c1-3-17-12-16(7-10-20-14-16)13-19(4-2)11-15-5-8-18-9-6-15/h5-6,8-9,17H,3-4,7,10-14H2,1-2H3.